The molecule has 5 nitrogen and oxygen atoms in total. The number of hydrogen-bond donors (Lipinski definition) is 1. The number of amides is 1. The minimum Gasteiger partial charge on any atom is -0.338 e. The zero-order valence-electron chi connectivity index (χ0n) is 13.5. The minimum absolute atomic E-state index is 0.0161. The van der Waals surface area contributed by atoms with Gasteiger partial charge >= 0.3 is 0 Å². The zero-order valence-corrected chi connectivity index (χ0v) is 14.3. The van der Waals surface area contributed by atoms with E-state index in [-0.39, 0.29) is 10.8 Å². The van der Waals surface area contributed by atoms with Crippen LogP contribution in [0.2, 0.25) is 0 Å². The van der Waals surface area contributed by atoms with Crippen LogP contribution in [0.5, 0.6) is 0 Å². The molecule has 1 aromatic rings. The fourth-order valence-electron chi connectivity index (χ4n) is 3.86. The molecule has 1 aromatic carbocycles. The van der Waals surface area contributed by atoms with Crippen LogP contribution in [0.3, 0.4) is 0 Å². The lowest BCUT2D eigenvalue weighted by Gasteiger charge is -2.41. The molecule has 1 saturated carbocycles. The van der Waals surface area contributed by atoms with Crippen LogP contribution < -0.4 is 4.72 Å². The largest absolute Gasteiger partial charge is 0.338 e. The van der Waals surface area contributed by atoms with Gasteiger partial charge in [0.15, 0.2) is 0 Å². The lowest BCUT2D eigenvalue weighted by atomic mass is 9.75. The molecule has 0 aromatic heterocycles. The molecule has 2 fully saturated rings. The Labute approximate surface area is 138 Å². The second-order valence-corrected chi connectivity index (χ2v) is 8.46. The van der Waals surface area contributed by atoms with Crippen molar-refractivity contribution < 1.29 is 13.2 Å². The van der Waals surface area contributed by atoms with Crippen molar-refractivity contribution >= 4 is 15.9 Å². The number of fused-ring (bicyclic) bond motifs is 1. The maximum Gasteiger partial charge on any atom is 0.253 e. The summed E-state index contributed by atoms with van der Waals surface area (Å²) in [5.41, 5.74) is 0.564. The third-order valence-corrected chi connectivity index (χ3v) is 6.69. The van der Waals surface area contributed by atoms with E-state index < -0.39 is 10.0 Å². The zero-order chi connectivity index (χ0) is 16.4. The smallest absolute Gasteiger partial charge is 0.253 e. The molecule has 0 radical (unpaired) electrons. The van der Waals surface area contributed by atoms with Gasteiger partial charge in [-0.05, 0) is 56.0 Å². The molecule has 126 valence electrons. The number of rotatable bonds is 3. The number of nitrogens with zero attached hydrogens (tertiary/aromatic N) is 1. The Balaban J connectivity index is 1.71. The maximum atomic E-state index is 12.7. The van der Waals surface area contributed by atoms with Crippen LogP contribution >= 0.6 is 0 Å². The third kappa shape index (κ3) is 3.43. The van der Waals surface area contributed by atoms with Crippen LogP contribution in [0.25, 0.3) is 0 Å². The van der Waals surface area contributed by atoms with E-state index in [1.165, 1.54) is 44.9 Å². The van der Waals surface area contributed by atoms with Crippen LogP contribution in [-0.4, -0.2) is 39.4 Å². The van der Waals surface area contributed by atoms with Gasteiger partial charge in [0.1, 0.15) is 0 Å². The highest BCUT2D eigenvalue weighted by Crippen LogP contribution is 2.36. The van der Waals surface area contributed by atoms with Crippen molar-refractivity contribution in [2.45, 2.75) is 37.0 Å². The minimum atomic E-state index is -3.46. The number of benzene rings is 1. The van der Waals surface area contributed by atoms with E-state index in [9.17, 15) is 13.2 Å². The monoisotopic (exact) mass is 336 g/mol. The van der Waals surface area contributed by atoms with E-state index in [1.54, 1.807) is 12.1 Å². The van der Waals surface area contributed by atoms with E-state index in [0.29, 0.717) is 11.5 Å². The summed E-state index contributed by atoms with van der Waals surface area (Å²) in [7, 11) is -2.08. The molecule has 0 spiro atoms. The molecule has 6 heteroatoms. The summed E-state index contributed by atoms with van der Waals surface area (Å²) in [5.74, 6) is 1.45. The van der Waals surface area contributed by atoms with Crippen molar-refractivity contribution in [2.24, 2.45) is 11.8 Å². The van der Waals surface area contributed by atoms with Crippen molar-refractivity contribution in [2.75, 3.05) is 20.1 Å². The van der Waals surface area contributed by atoms with Gasteiger partial charge in [-0.15, -0.1) is 0 Å². The standard InChI is InChI=1S/C17H24N2O3S/c1-18-23(21,22)16-8-6-14(7-9-16)17(20)19-11-10-13-4-2-3-5-15(13)12-19/h6-9,13,15,18H,2-5,10-12H2,1H3/t13-,15+/m1/s1. The Morgan fingerprint density at radius 1 is 1.09 bits per heavy atom. The van der Waals surface area contributed by atoms with Crippen LogP contribution in [-0.2, 0) is 10.0 Å². The van der Waals surface area contributed by atoms with Gasteiger partial charge in [0, 0.05) is 18.7 Å². The fourth-order valence-corrected chi connectivity index (χ4v) is 4.59. The molecule has 23 heavy (non-hydrogen) atoms. The molecule has 1 aliphatic heterocycles. The first-order valence-electron chi connectivity index (χ1n) is 8.34. The predicted octanol–water partition coefficient (Wildman–Crippen LogP) is 2.25. The highest BCUT2D eigenvalue weighted by molar-refractivity contribution is 7.89. The van der Waals surface area contributed by atoms with E-state index in [0.717, 1.165) is 25.4 Å². The number of nitrogens with one attached hydrogen (secondary N) is 1. The molecule has 3 rings (SSSR count). The first kappa shape index (κ1) is 16.5. The van der Waals surface area contributed by atoms with E-state index in [1.807, 2.05) is 4.90 Å². The van der Waals surface area contributed by atoms with Gasteiger partial charge < -0.3 is 4.90 Å². The maximum absolute atomic E-state index is 12.7. The third-order valence-electron chi connectivity index (χ3n) is 5.26. The summed E-state index contributed by atoms with van der Waals surface area (Å²) in [6, 6.07) is 6.21. The summed E-state index contributed by atoms with van der Waals surface area (Å²) in [4.78, 5) is 14.8. The van der Waals surface area contributed by atoms with Gasteiger partial charge in [-0.1, -0.05) is 19.3 Å². The molecule has 0 unspecified atom stereocenters. The van der Waals surface area contributed by atoms with Crippen molar-refractivity contribution in [3.05, 3.63) is 29.8 Å². The second-order valence-electron chi connectivity index (χ2n) is 6.58. The van der Waals surface area contributed by atoms with Gasteiger partial charge in [-0.2, -0.15) is 0 Å². The number of carbonyl (C=O) groups is 1. The van der Waals surface area contributed by atoms with Crippen LogP contribution in [0.15, 0.2) is 29.2 Å². The molecule has 1 amide bonds. The van der Waals surface area contributed by atoms with Gasteiger partial charge in [0.25, 0.3) is 5.91 Å². The molecule has 1 saturated heterocycles. The van der Waals surface area contributed by atoms with Crippen LogP contribution in [0.1, 0.15) is 42.5 Å². The lowest BCUT2D eigenvalue weighted by molar-refractivity contribution is 0.0521. The quantitative estimate of drug-likeness (QED) is 0.920. The Morgan fingerprint density at radius 2 is 1.74 bits per heavy atom. The van der Waals surface area contributed by atoms with Crippen molar-refractivity contribution in [1.82, 2.24) is 9.62 Å². The Morgan fingerprint density at radius 3 is 2.39 bits per heavy atom. The highest BCUT2D eigenvalue weighted by Gasteiger charge is 2.33. The summed E-state index contributed by atoms with van der Waals surface area (Å²) in [6.07, 6.45) is 6.25. The average molecular weight is 336 g/mol. The Hall–Kier alpha value is -1.40. The van der Waals surface area contributed by atoms with Crippen molar-refractivity contribution in [3.8, 4) is 0 Å². The first-order chi connectivity index (χ1) is 11.0. The summed E-state index contributed by atoms with van der Waals surface area (Å²) >= 11 is 0. The topological polar surface area (TPSA) is 66.5 Å². The van der Waals surface area contributed by atoms with E-state index in [2.05, 4.69) is 4.72 Å². The first-order valence-corrected chi connectivity index (χ1v) is 9.82. The Kier molecular flexibility index (Phi) is 4.73. The molecular weight excluding hydrogens is 312 g/mol. The van der Waals surface area contributed by atoms with Gasteiger partial charge in [0.05, 0.1) is 4.90 Å². The Bertz CT molecular complexity index is 670. The number of hydrogen-bond acceptors (Lipinski definition) is 3. The number of sulfonamides is 1. The molecule has 0 bridgehead atoms. The van der Waals surface area contributed by atoms with E-state index in [4.69, 9.17) is 0 Å². The van der Waals surface area contributed by atoms with Crippen LogP contribution in [0.4, 0.5) is 0 Å². The molecule has 1 N–H and O–H groups in total. The van der Waals surface area contributed by atoms with Gasteiger partial charge in [-0.3, -0.25) is 4.79 Å². The highest BCUT2D eigenvalue weighted by atomic mass is 32.2. The molecule has 1 heterocycles. The predicted molar refractivity (Wildman–Crippen MR) is 88.7 cm³/mol. The summed E-state index contributed by atoms with van der Waals surface area (Å²) in [5, 5.41) is 0. The fraction of sp³-hybridized carbons (Fsp3) is 0.588. The average Bonchev–Trinajstić information content (AvgIpc) is 2.60. The summed E-state index contributed by atoms with van der Waals surface area (Å²) in [6.45, 7) is 1.66. The number of likely N-dealkylation sites (tertiary alicyclic amines) is 1. The van der Waals surface area contributed by atoms with Crippen molar-refractivity contribution in [1.29, 1.82) is 0 Å². The molecular formula is C17H24N2O3S. The summed E-state index contributed by atoms with van der Waals surface area (Å²) < 4.78 is 25.7. The lowest BCUT2D eigenvalue weighted by Crippen LogP contribution is -2.44. The van der Waals surface area contributed by atoms with Gasteiger partial charge in [0.2, 0.25) is 10.0 Å². The SMILES string of the molecule is CNS(=O)(=O)c1ccc(C(=O)N2CC[C@H]3CCCC[C@H]3C2)cc1. The van der Waals surface area contributed by atoms with Crippen molar-refractivity contribution in [3.63, 3.8) is 0 Å². The normalized spacial score (nSPS) is 25.0. The second kappa shape index (κ2) is 6.61. The number of piperidine rings is 1. The van der Waals surface area contributed by atoms with Crippen LogP contribution in [0, 0.1) is 11.8 Å². The van der Waals surface area contributed by atoms with Gasteiger partial charge in [-0.25, -0.2) is 13.1 Å². The molecule has 2 atom stereocenters. The molecule has 1 aliphatic carbocycles. The number of carbonyl (C=O) groups excluding carboxylic acids is 1. The molecule has 2 aliphatic rings. The van der Waals surface area contributed by atoms with E-state index >= 15 is 0 Å².